The molecule has 2 aromatic rings. The summed E-state index contributed by atoms with van der Waals surface area (Å²) in [6.45, 7) is 2.63. The molecule has 20 heavy (non-hydrogen) atoms. The summed E-state index contributed by atoms with van der Waals surface area (Å²) in [6, 6.07) is 12.1. The third-order valence-corrected chi connectivity index (χ3v) is 3.70. The fourth-order valence-corrected chi connectivity index (χ4v) is 2.41. The van der Waals surface area contributed by atoms with Crippen molar-refractivity contribution in [3.63, 3.8) is 0 Å². The highest BCUT2D eigenvalue weighted by molar-refractivity contribution is 5.96. The summed E-state index contributed by atoms with van der Waals surface area (Å²) in [6.07, 6.45) is 5.81. The molecule has 3 heteroatoms. The van der Waals surface area contributed by atoms with Crippen LogP contribution < -0.4 is 0 Å². The van der Waals surface area contributed by atoms with E-state index >= 15 is 0 Å². The lowest BCUT2D eigenvalue weighted by atomic mass is 10.1. The molecule has 1 heterocycles. The number of nitrogens with zero attached hydrogens (tertiary/aromatic N) is 2. The maximum absolute atomic E-state index is 12.8. The lowest BCUT2D eigenvalue weighted by Gasteiger charge is -2.23. The average molecular weight is 266 g/mol. The fourth-order valence-electron chi connectivity index (χ4n) is 2.41. The Kier molecular flexibility index (Phi) is 3.50. The van der Waals surface area contributed by atoms with Crippen molar-refractivity contribution in [2.75, 3.05) is 0 Å². The zero-order valence-corrected chi connectivity index (χ0v) is 11.6. The predicted octanol–water partition coefficient (Wildman–Crippen LogP) is 3.19. The highest BCUT2D eigenvalue weighted by Crippen LogP contribution is 2.30. The summed E-state index contributed by atoms with van der Waals surface area (Å²) in [7, 11) is 0. The summed E-state index contributed by atoms with van der Waals surface area (Å²) in [5.74, 6) is 0.134. The Morgan fingerprint density at radius 1 is 1.25 bits per heavy atom. The number of hydrogen-bond donors (Lipinski definition) is 0. The third kappa shape index (κ3) is 2.72. The van der Waals surface area contributed by atoms with Crippen LogP contribution in [0, 0.1) is 6.92 Å². The Labute approximate surface area is 119 Å². The normalized spacial score (nSPS) is 14.1. The van der Waals surface area contributed by atoms with E-state index < -0.39 is 0 Å². The van der Waals surface area contributed by atoms with Gasteiger partial charge in [0.05, 0.1) is 0 Å². The van der Waals surface area contributed by atoms with Gasteiger partial charge < -0.3 is 4.90 Å². The van der Waals surface area contributed by atoms with E-state index in [9.17, 15) is 4.79 Å². The lowest BCUT2D eigenvalue weighted by molar-refractivity contribution is 0.0729. The summed E-state index contributed by atoms with van der Waals surface area (Å²) >= 11 is 0. The van der Waals surface area contributed by atoms with Gasteiger partial charge in [0.15, 0.2) is 0 Å². The number of carbonyl (C=O) groups is 1. The van der Waals surface area contributed by atoms with Gasteiger partial charge in [-0.1, -0.05) is 24.3 Å². The molecular formula is C17H18N2O. The topological polar surface area (TPSA) is 33.2 Å². The van der Waals surface area contributed by atoms with Gasteiger partial charge in [-0.05, 0) is 43.0 Å². The summed E-state index contributed by atoms with van der Waals surface area (Å²) in [4.78, 5) is 18.9. The van der Waals surface area contributed by atoms with Gasteiger partial charge in [0, 0.05) is 30.5 Å². The van der Waals surface area contributed by atoms with Crippen LogP contribution in [-0.4, -0.2) is 21.8 Å². The second-order valence-electron chi connectivity index (χ2n) is 5.34. The zero-order valence-electron chi connectivity index (χ0n) is 11.6. The van der Waals surface area contributed by atoms with Crippen LogP contribution in [0.15, 0.2) is 48.8 Å². The summed E-state index contributed by atoms with van der Waals surface area (Å²) < 4.78 is 0. The van der Waals surface area contributed by atoms with Gasteiger partial charge >= 0.3 is 0 Å². The molecule has 0 radical (unpaired) electrons. The van der Waals surface area contributed by atoms with E-state index in [-0.39, 0.29) is 5.91 Å². The predicted molar refractivity (Wildman–Crippen MR) is 78.3 cm³/mol. The largest absolute Gasteiger partial charge is 0.331 e. The molecule has 3 rings (SSSR count). The number of amides is 1. The highest BCUT2D eigenvalue weighted by Gasteiger charge is 2.33. The Morgan fingerprint density at radius 3 is 2.70 bits per heavy atom. The quantitative estimate of drug-likeness (QED) is 0.851. The van der Waals surface area contributed by atoms with E-state index in [0.29, 0.717) is 12.6 Å². The van der Waals surface area contributed by atoms with Gasteiger partial charge in [-0.25, -0.2) is 0 Å². The Hall–Kier alpha value is -2.16. The fraction of sp³-hybridized carbons (Fsp3) is 0.294. The Morgan fingerprint density at radius 2 is 2.05 bits per heavy atom. The van der Waals surface area contributed by atoms with Gasteiger partial charge in [0.2, 0.25) is 0 Å². The van der Waals surface area contributed by atoms with Crippen molar-refractivity contribution in [3.05, 3.63) is 65.5 Å². The van der Waals surface area contributed by atoms with Crippen LogP contribution in [-0.2, 0) is 6.54 Å². The first kappa shape index (κ1) is 12.9. The number of pyridine rings is 1. The molecule has 0 spiro atoms. The molecule has 0 saturated heterocycles. The number of hydrogen-bond acceptors (Lipinski definition) is 2. The number of benzene rings is 1. The van der Waals surface area contributed by atoms with Gasteiger partial charge in [-0.3, -0.25) is 9.78 Å². The molecule has 1 fully saturated rings. The number of rotatable bonds is 4. The zero-order chi connectivity index (χ0) is 13.9. The number of aromatic nitrogens is 1. The van der Waals surface area contributed by atoms with Crippen LogP contribution >= 0.6 is 0 Å². The molecule has 0 N–H and O–H groups in total. The summed E-state index contributed by atoms with van der Waals surface area (Å²) in [5.41, 5.74) is 2.93. The van der Waals surface area contributed by atoms with Gasteiger partial charge in [-0.2, -0.15) is 0 Å². The molecule has 3 nitrogen and oxygen atoms in total. The van der Waals surface area contributed by atoms with Crippen molar-refractivity contribution in [3.8, 4) is 0 Å². The minimum absolute atomic E-state index is 0.134. The average Bonchev–Trinajstić information content (AvgIpc) is 3.30. The van der Waals surface area contributed by atoms with E-state index in [1.807, 2.05) is 54.4 Å². The van der Waals surface area contributed by atoms with E-state index in [4.69, 9.17) is 0 Å². The third-order valence-electron chi connectivity index (χ3n) is 3.70. The molecule has 0 unspecified atom stereocenters. The number of carbonyl (C=O) groups excluding carboxylic acids is 1. The van der Waals surface area contributed by atoms with E-state index in [1.165, 1.54) is 0 Å². The van der Waals surface area contributed by atoms with Crippen molar-refractivity contribution >= 4 is 5.91 Å². The molecule has 1 amide bonds. The SMILES string of the molecule is Cc1ccccc1C(=O)N(Cc1cccnc1)C1CC1. The monoisotopic (exact) mass is 266 g/mol. The molecule has 102 valence electrons. The van der Waals surface area contributed by atoms with Gasteiger partial charge in [-0.15, -0.1) is 0 Å². The first-order chi connectivity index (χ1) is 9.75. The van der Waals surface area contributed by atoms with Crippen LogP contribution in [0.25, 0.3) is 0 Å². The van der Waals surface area contributed by atoms with Crippen molar-refractivity contribution in [1.82, 2.24) is 9.88 Å². The molecule has 1 aliphatic rings. The number of aryl methyl sites for hydroxylation is 1. The molecule has 1 aliphatic carbocycles. The van der Waals surface area contributed by atoms with E-state index in [2.05, 4.69) is 4.98 Å². The molecule has 0 aliphatic heterocycles. The molecule has 1 aromatic carbocycles. The van der Waals surface area contributed by atoms with E-state index in [1.54, 1.807) is 6.20 Å². The van der Waals surface area contributed by atoms with Crippen LogP contribution in [0.5, 0.6) is 0 Å². The molecular weight excluding hydrogens is 248 g/mol. The Balaban J connectivity index is 1.84. The van der Waals surface area contributed by atoms with Crippen LogP contribution in [0.3, 0.4) is 0 Å². The maximum Gasteiger partial charge on any atom is 0.254 e. The second-order valence-corrected chi connectivity index (χ2v) is 5.34. The van der Waals surface area contributed by atoms with Crippen molar-refractivity contribution < 1.29 is 4.79 Å². The van der Waals surface area contributed by atoms with Gasteiger partial charge in [0.1, 0.15) is 0 Å². The molecule has 0 atom stereocenters. The maximum atomic E-state index is 12.8. The smallest absolute Gasteiger partial charge is 0.254 e. The lowest BCUT2D eigenvalue weighted by Crippen LogP contribution is -2.33. The second kappa shape index (κ2) is 5.45. The van der Waals surface area contributed by atoms with E-state index in [0.717, 1.165) is 29.5 Å². The van der Waals surface area contributed by atoms with Crippen LogP contribution in [0.4, 0.5) is 0 Å². The Bertz CT molecular complexity index is 605. The first-order valence-corrected chi connectivity index (χ1v) is 7.01. The van der Waals surface area contributed by atoms with Crippen LogP contribution in [0.1, 0.15) is 34.3 Å². The minimum atomic E-state index is 0.134. The molecule has 1 saturated carbocycles. The molecule has 1 aromatic heterocycles. The van der Waals surface area contributed by atoms with Crippen molar-refractivity contribution in [2.45, 2.75) is 32.4 Å². The highest BCUT2D eigenvalue weighted by atomic mass is 16.2. The summed E-state index contributed by atoms with van der Waals surface area (Å²) in [5, 5.41) is 0. The van der Waals surface area contributed by atoms with Crippen molar-refractivity contribution in [1.29, 1.82) is 0 Å². The standard InChI is InChI=1S/C17H18N2O/c1-13-5-2-3-7-16(13)17(20)19(15-8-9-15)12-14-6-4-10-18-11-14/h2-7,10-11,15H,8-9,12H2,1H3. The first-order valence-electron chi connectivity index (χ1n) is 7.01. The molecule has 0 bridgehead atoms. The minimum Gasteiger partial charge on any atom is -0.331 e. The van der Waals surface area contributed by atoms with Gasteiger partial charge in [0.25, 0.3) is 5.91 Å². The van der Waals surface area contributed by atoms with Crippen LogP contribution in [0.2, 0.25) is 0 Å². The van der Waals surface area contributed by atoms with Crippen molar-refractivity contribution in [2.24, 2.45) is 0 Å².